The van der Waals surface area contributed by atoms with Crippen LogP contribution in [0.25, 0.3) is 150 Å². The van der Waals surface area contributed by atoms with Crippen molar-refractivity contribution in [3.63, 3.8) is 0 Å². The van der Waals surface area contributed by atoms with Crippen LogP contribution in [0.2, 0.25) is 0 Å². The fourth-order valence-electron chi connectivity index (χ4n) is 15.0. The maximum atomic E-state index is 5.92. The molecule has 0 aliphatic carbocycles. The number of thiophene rings is 2. The predicted octanol–water partition coefficient (Wildman–Crippen LogP) is 31.2. The van der Waals surface area contributed by atoms with E-state index in [2.05, 4.69) is 361 Å². The molecule has 18 aromatic carbocycles. The number of para-hydroxylation sites is 3. The quantitative estimate of drug-likeness (QED) is 0.0977. The average Bonchev–Trinajstić information content (AvgIpc) is 1.60. The van der Waals surface area contributed by atoms with Crippen LogP contribution >= 0.6 is 22.7 Å². The van der Waals surface area contributed by atoms with E-state index in [1.807, 2.05) is 95.5 Å². The fourth-order valence-corrected chi connectivity index (χ4v) is 17.2. The van der Waals surface area contributed by atoms with E-state index in [0.29, 0.717) is 0 Å². The summed E-state index contributed by atoms with van der Waals surface area (Å²) in [6.45, 7) is 0. The van der Waals surface area contributed by atoms with E-state index in [0.717, 1.165) is 89.4 Å². The van der Waals surface area contributed by atoms with Gasteiger partial charge in [0, 0.05) is 97.0 Å². The summed E-state index contributed by atoms with van der Waals surface area (Å²) in [7, 11) is 0. The molecule has 112 heavy (non-hydrogen) atoms. The summed E-state index contributed by atoms with van der Waals surface area (Å²) in [5.74, 6) is 0. The molecular weight excluding hydrogens is 1400 g/mol. The molecule has 0 radical (unpaired) electrons. The summed E-state index contributed by atoms with van der Waals surface area (Å²) in [5, 5.41) is 29.2. The van der Waals surface area contributed by atoms with Crippen molar-refractivity contribution < 1.29 is 8.83 Å². The normalized spacial score (nSPS) is 11.2. The number of hydrogen-bond donors (Lipinski definition) is 4. The van der Waals surface area contributed by atoms with Gasteiger partial charge >= 0.3 is 0 Å². The van der Waals surface area contributed by atoms with Gasteiger partial charge in [-0.05, 0) is 212 Å². The largest absolute Gasteiger partial charge is 0.456 e. The van der Waals surface area contributed by atoms with Crippen LogP contribution in [-0.4, -0.2) is 0 Å². The Hall–Kier alpha value is -14.3. The number of fused-ring (bicyclic) bond motifs is 15. The van der Waals surface area contributed by atoms with Gasteiger partial charge in [0.15, 0.2) is 0 Å². The van der Waals surface area contributed by atoms with E-state index < -0.39 is 0 Å². The molecule has 22 rings (SSSR count). The molecule has 0 aliphatic rings. The molecule has 0 fully saturated rings. The molecule has 0 saturated heterocycles. The minimum atomic E-state index is 0.913. The lowest BCUT2D eigenvalue weighted by Crippen LogP contribution is -1.90. The maximum Gasteiger partial charge on any atom is 0.135 e. The summed E-state index contributed by atoms with van der Waals surface area (Å²) in [6, 6.07) is 144. The number of rotatable bonds is 12. The van der Waals surface area contributed by atoms with E-state index in [4.69, 9.17) is 8.83 Å². The van der Waals surface area contributed by atoms with Crippen molar-refractivity contribution in [3.8, 4) is 44.5 Å². The summed E-state index contributed by atoms with van der Waals surface area (Å²) in [5.41, 5.74) is 22.3. The van der Waals surface area contributed by atoms with Crippen molar-refractivity contribution in [3.05, 3.63) is 413 Å². The molecule has 0 unspecified atom stereocenters. The Morgan fingerprint density at radius 3 is 1.14 bits per heavy atom. The molecule has 4 N–H and O–H groups in total. The number of furan rings is 2. The van der Waals surface area contributed by atoms with E-state index in [1.165, 1.54) is 106 Å². The van der Waals surface area contributed by atoms with Crippen LogP contribution in [0.4, 0.5) is 45.5 Å². The van der Waals surface area contributed by atoms with E-state index in [1.54, 1.807) is 0 Å². The molecule has 0 amide bonds. The lowest BCUT2D eigenvalue weighted by Gasteiger charge is -2.09. The van der Waals surface area contributed by atoms with Crippen molar-refractivity contribution >= 4 is 174 Å². The van der Waals surface area contributed by atoms with Gasteiger partial charge in [-0.3, -0.25) is 0 Å². The van der Waals surface area contributed by atoms with Gasteiger partial charge in [0.2, 0.25) is 0 Å². The highest BCUT2D eigenvalue weighted by Gasteiger charge is 2.15. The van der Waals surface area contributed by atoms with Crippen LogP contribution in [0.3, 0.4) is 0 Å². The first kappa shape index (κ1) is 68.3. The van der Waals surface area contributed by atoms with Crippen molar-refractivity contribution in [2.45, 2.75) is 0 Å². The van der Waals surface area contributed by atoms with Crippen molar-refractivity contribution in [2.75, 3.05) is 21.3 Å². The Morgan fingerprint density at radius 2 is 0.536 bits per heavy atom. The second kappa shape index (κ2) is 30.8. The fraction of sp³-hybridized carbons (Fsp3) is 0. The third-order valence-electron chi connectivity index (χ3n) is 20.6. The molecule has 6 nitrogen and oxygen atoms in total. The topological polar surface area (TPSA) is 74.4 Å². The summed E-state index contributed by atoms with van der Waals surface area (Å²) < 4.78 is 17.1. The summed E-state index contributed by atoms with van der Waals surface area (Å²) in [4.78, 5) is 0. The third kappa shape index (κ3) is 14.5. The van der Waals surface area contributed by atoms with Crippen LogP contribution in [0, 0.1) is 0 Å². The second-order valence-electron chi connectivity index (χ2n) is 27.8. The highest BCUT2D eigenvalue weighted by atomic mass is 32.1. The number of nitrogens with one attached hydrogen (secondary N) is 4. The molecule has 8 heteroatoms. The zero-order valence-corrected chi connectivity index (χ0v) is 62.5. The Kier molecular flexibility index (Phi) is 18.8. The number of anilines is 8. The maximum absolute atomic E-state index is 5.92. The van der Waals surface area contributed by atoms with Crippen LogP contribution < -0.4 is 21.3 Å². The first-order chi connectivity index (χ1) is 55.4. The van der Waals surface area contributed by atoms with Crippen molar-refractivity contribution in [2.24, 2.45) is 0 Å². The van der Waals surface area contributed by atoms with Gasteiger partial charge in [-0.1, -0.05) is 267 Å². The summed E-state index contributed by atoms with van der Waals surface area (Å²) in [6.07, 6.45) is 0. The molecule has 22 aromatic rings. The van der Waals surface area contributed by atoms with E-state index in [-0.39, 0.29) is 0 Å². The van der Waals surface area contributed by atoms with Crippen LogP contribution in [0.5, 0.6) is 0 Å². The standard InChI is InChI=1S/C30H21NS.C26H17NS.2C24H17NO/c1-3-7-21(8-4-1)23-11-14-25(15-12-23)31-26-16-18-30-28(20-26)27-19-24(13-17-29(27)32-30)22-9-5-2-6-10-22;1-2-8-19-16-20(14-12-17(19)6-1)27-23-11-5-10-22-25-21-9-4-3-7-18(21)13-15-24(25)28-26(22)23;1-2-6-19(7-3-1)25-20-13-10-17(11-14-20)18-12-15-24-22(16-18)21-8-4-5-9-23(21)26-24;1-2-6-17(7-3-1)18-10-12-19(13-11-18)25-20-14-15-24-22(16-20)21-8-4-5-9-23(21)26-24/h1-20,31H;1-16,27H;2*1-16,25H. The van der Waals surface area contributed by atoms with Gasteiger partial charge in [-0.25, -0.2) is 0 Å². The van der Waals surface area contributed by atoms with Crippen LogP contribution in [-0.2, 0) is 0 Å². The Balaban J connectivity index is 0.000000101. The Morgan fingerprint density at radius 1 is 0.179 bits per heavy atom. The zero-order valence-electron chi connectivity index (χ0n) is 60.9. The molecule has 0 aliphatic heterocycles. The number of benzene rings is 18. The van der Waals surface area contributed by atoms with Gasteiger partial charge in [0.1, 0.15) is 22.3 Å². The first-order valence-electron chi connectivity index (χ1n) is 37.6. The molecule has 0 atom stereocenters. The van der Waals surface area contributed by atoms with Gasteiger partial charge < -0.3 is 30.1 Å². The molecule has 4 heterocycles. The van der Waals surface area contributed by atoms with Gasteiger partial charge in [-0.2, -0.15) is 0 Å². The van der Waals surface area contributed by atoms with Crippen LogP contribution in [0.15, 0.2) is 421 Å². The van der Waals surface area contributed by atoms with E-state index >= 15 is 0 Å². The Labute approximate surface area is 656 Å². The lowest BCUT2D eigenvalue weighted by molar-refractivity contribution is 0.668. The molecule has 0 saturated carbocycles. The zero-order chi connectivity index (χ0) is 74.5. The average molecular weight is 1470 g/mol. The first-order valence-corrected chi connectivity index (χ1v) is 39.3. The van der Waals surface area contributed by atoms with Crippen molar-refractivity contribution in [1.82, 2.24) is 0 Å². The minimum Gasteiger partial charge on any atom is -0.456 e. The third-order valence-corrected chi connectivity index (χ3v) is 22.9. The smallest absolute Gasteiger partial charge is 0.135 e. The monoisotopic (exact) mass is 1470 g/mol. The molecular formula is C104H72N4O2S2. The SMILES string of the molecule is c1ccc(-c2ccc(Nc3ccc4oc5ccccc5c4c3)cc2)cc1.c1ccc(-c2ccc(Nc3ccc4sc5ccc(-c6ccccc6)cc5c4c3)cc2)cc1.c1ccc(Nc2ccc(-c3ccc4oc5ccccc5c4c3)cc2)cc1.c1ccc2cc(Nc3cccc4c3sc3ccc5ccccc5c34)ccc2c1. The van der Waals surface area contributed by atoms with Crippen molar-refractivity contribution in [1.29, 1.82) is 0 Å². The van der Waals surface area contributed by atoms with Gasteiger partial charge in [-0.15, -0.1) is 22.7 Å². The highest BCUT2D eigenvalue weighted by molar-refractivity contribution is 7.26. The highest BCUT2D eigenvalue weighted by Crippen LogP contribution is 2.44. The number of hydrogen-bond acceptors (Lipinski definition) is 8. The van der Waals surface area contributed by atoms with Gasteiger partial charge in [0.25, 0.3) is 0 Å². The molecule has 4 aromatic heterocycles. The summed E-state index contributed by atoms with van der Waals surface area (Å²) >= 11 is 3.72. The molecule has 0 bridgehead atoms. The Bertz CT molecular complexity index is 7100. The lowest BCUT2D eigenvalue weighted by atomic mass is 10.0. The minimum absolute atomic E-state index is 0.913. The van der Waals surface area contributed by atoms with E-state index in [9.17, 15) is 0 Å². The molecule has 0 spiro atoms. The predicted molar refractivity (Wildman–Crippen MR) is 482 cm³/mol. The second-order valence-corrected chi connectivity index (χ2v) is 30.0. The molecule has 532 valence electrons. The van der Waals surface area contributed by atoms with Gasteiger partial charge in [0.05, 0.1) is 10.4 Å². The van der Waals surface area contributed by atoms with Crippen LogP contribution in [0.1, 0.15) is 0 Å².